The Hall–Kier alpha value is -2.69. The maximum atomic E-state index is 10.7. The highest BCUT2D eigenvalue weighted by Gasteiger charge is 2.23. The number of para-hydroxylation sites is 1. The molecule has 0 fully saturated rings. The third-order valence-corrected chi connectivity index (χ3v) is 3.46. The summed E-state index contributed by atoms with van der Waals surface area (Å²) < 4.78 is 5.93. The van der Waals surface area contributed by atoms with Crippen molar-refractivity contribution < 1.29 is 9.66 Å². The zero-order chi connectivity index (χ0) is 14.8. The van der Waals surface area contributed by atoms with Gasteiger partial charge in [0.15, 0.2) is 0 Å². The molecule has 3 rings (SSSR count). The molecule has 1 aliphatic rings. The molecule has 0 saturated carbocycles. The van der Waals surface area contributed by atoms with Crippen molar-refractivity contribution in [3.63, 3.8) is 0 Å². The minimum absolute atomic E-state index is 0.0381. The van der Waals surface area contributed by atoms with Crippen molar-refractivity contribution >= 4 is 17.3 Å². The van der Waals surface area contributed by atoms with E-state index in [0.29, 0.717) is 5.90 Å². The molecule has 0 unspecified atom stereocenters. The summed E-state index contributed by atoms with van der Waals surface area (Å²) in [6.45, 7) is 2.06. The van der Waals surface area contributed by atoms with Crippen LogP contribution < -0.4 is 0 Å². The van der Waals surface area contributed by atoms with Gasteiger partial charge in [-0.3, -0.25) is 10.1 Å². The van der Waals surface area contributed by atoms with Crippen LogP contribution in [-0.4, -0.2) is 10.8 Å². The van der Waals surface area contributed by atoms with Crippen molar-refractivity contribution in [1.29, 1.82) is 0 Å². The molecule has 0 radical (unpaired) electrons. The number of hydrogen-bond donors (Lipinski definition) is 0. The number of hydrogen-bond acceptors (Lipinski definition) is 4. The average Bonchev–Trinajstić information content (AvgIpc) is 2.53. The number of fused-ring (bicyclic) bond motifs is 1. The number of non-ortho nitro benzene ring substituents is 1. The lowest BCUT2D eigenvalue weighted by Gasteiger charge is -2.25. The van der Waals surface area contributed by atoms with E-state index in [9.17, 15) is 10.1 Å². The lowest BCUT2D eigenvalue weighted by molar-refractivity contribution is -0.384. The van der Waals surface area contributed by atoms with E-state index in [1.165, 1.54) is 12.1 Å². The van der Waals surface area contributed by atoms with Gasteiger partial charge < -0.3 is 4.74 Å². The fourth-order valence-corrected chi connectivity index (χ4v) is 2.36. The van der Waals surface area contributed by atoms with E-state index in [2.05, 4.69) is 11.9 Å². The van der Waals surface area contributed by atoms with Crippen LogP contribution in [0.1, 0.15) is 30.6 Å². The number of aliphatic imine (C=N–C) groups is 1. The Morgan fingerprint density at radius 2 is 1.90 bits per heavy atom. The van der Waals surface area contributed by atoms with Gasteiger partial charge >= 0.3 is 0 Å². The second-order valence-corrected chi connectivity index (χ2v) is 4.79. The number of benzene rings is 2. The van der Waals surface area contributed by atoms with Gasteiger partial charge in [-0.15, -0.1) is 0 Å². The van der Waals surface area contributed by atoms with Crippen LogP contribution in [0.4, 0.5) is 11.4 Å². The van der Waals surface area contributed by atoms with Crippen LogP contribution in [0.15, 0.2) is 53.5 Å². The number of nitro benzene ring substituents is 1. The second-order valence-electron chi connectivity index (χ2n) is 4.79. The van der Waals surface area contributed by atoms with Gasteiger partial charge in [-0.1, -0.05) is 25.1 Å². The van der Waals surface area contributed by atoms with E-state index >= 15 is 0 Å². The van der Waals surface area contributed by atoms with Crippen LogP contribution in [0.2, 0.25) is 0 Å². The van der Waals surface area contributed by atoms with Gasteiger partial charge in [0.2, 0.25) is 5.90 Å². The molecule has 5 nitrogen and oxygen atoms in total. The highest BCUT2D eigenvalue weighted by atomic mass is 16.6. The minimum atomic E-state index is -0.419. The largest absolute Gasteiger partial charge is 0.469 e. The third-order valence-electron chi connectivity index (χ3n) is 3.46. The summed E-state index contributed by atoms with van der Waals surface area (Å²) in [5.74, 6) is 0.510. The summed E-state index contributed by atoms with van der Waals surface area (Å²) in [6.07, 6.45) is 0.798. The fraction of sp³-hybridized carbons (Fsp3) is 0.188. The second kappa shape index (κ2) is 5.36. The van der Waals surface area contributed by atoms with Gasteiger partial charge in [-0.25, -0.2) is 4.99 Å². The Kier molecular flexibility index (Phi) is 3.39. The van der Waals surface area contributed by atoms with E-state index in [0.717, 1.165) is 23.2 Å². The maximum Gasteiger partial charge on any atom is 0.269 e. The zero-order valence-electron chi connectivity index (χ0n) is 11.5. The Bertz CT molecular complexity index is 708. The lowest BCUT2D eigenvalue weighted by atomic mass is 10.0. The van der Waals surface area contributed by atoms with Crippen LogP contribution in [-0.2, 0) is 4.74 Å². The van der Waals surface area contributed by atoms with Crippen LogP contribution in [0.3, 0.4) is 0 Å². The molecule has 106 valence electrons. The normalized spacial score (nSPS) is 16.6. The van der Waals surface area contributed by atoms with E-state index in [1.807, 2.05) is 24.3 Å². The summed E-state index contributed by atoms with van der Waals surface area (Å²) in [7, 11) is 0. The van der Waals surface area contributed by atoms with Crippen LogP contribution in [0.5, 0.6) is 0 Å². The predicted octanol–water partition coefficient (Wildman–Crippen LogP) is 4.15. The van der Waals surface area contributed by atoms with Crippen molar-refractivity contribution in [2.24, 2.45) is 4.99 Å². The first-order valence-electron chi connectivity index (χ1n) is 6.78. The summed E-state index contributed by atoms with van der Waals surface area (Å²) in [5, 5.41) is 10.7. The Balaban J connectivity index is 1.99. The number of nitrogens with zero attached hydrogens (tertiary/aromatic N) is 2. The molecule has 1 heterocycles. The third kappa shape index (κ3) is 2.50. The molecule has 0 aliphatic carbocycles. The van der Waals surface area contributed by atoms with Crippen molar-refractivity contribution in [2.75, 3.05) is 0 Å². The quantitative estimate of drug-likeness (QED) is 0.627. The smallest absolute Gasteiger partial charge is 0.269 e. The van der Waals surface area contributed by atoms with Crippen molar-refractivity contribution in [2.45, 2.75) is 19.4 Å². The average molecular weight is 282 g/mol. The molecular formula is C16H14N2O3. The summed E-state index contributed by atoms with van der Waals surface area (Å²) in [4.78, 5) is 14.8. The van der Waals surface area contributed by atoms with E-state index < -0.39 is 4.92 Å². The fourth-order valence-electron chi connectivity index (χ4n) is 2.36. The molecule has 1 aliphatic heterocycles. The number of ether oxygens (including phenoxy) is 1. The molecule has 1 atom stereocenters. The van der Waals surface area contributed by atoms with Crippen LogP contribution in [0.25, 0.3) is 0 Å². The van der Waals surface area contributed by atoms with Crippen molar-refractivity contribution in [3.8, 4) is 0 Å². The van der Waals surface area contributed by atoms with E-state index in [4.69, 9.17) is 4.74 Å². The number of rotatable bonds is 3. The van der Waals surface area contributed by atoms with Gasteiger partial charge in [-0.2, -0.15) is 0 Å². The first-order valence-corrected chi connectivity index (χ1v) is 6.78. The SMILES string of the molecule is CC[C@H]1OC(c2ccc([N+](=O)[O-])cc2)=Nc2ccccc21. The summed E-state index contributed by atoms with van der Waals surface area (Å²) in [5.41, 5.74) is 2.77. The molecular weight excluding hydrogens is 268 g/mol. The molecule has 0 saturated heterocycles. The molecule has 2 aromatic rings. The van der Waals surface area contributed by atoms with Gasteiger partial charge in [0.25, 0.3) is 5.69 Å². The first-order chi connectivity index (χ1) is 10.2. The molecule has 0 amide bonds. The molecule has 2 aromatic carbocycles. The molecule has 21 heavy (non-hydrogen) atoms. The Labute approximate surface area is 122 Å². The van der Waals surface area contributed by atoms with Gasteiger partial charge in [0.1, 0.15) is 6.10 Å². The highest BCUT2D eigenvalue weighted by molar-refractivity contribution is 5.97. The molecule has 0 bridgehead atoms. The van der Waals surface area contributed by atoms with E-state index in [1.54, 1.807) is 12.1 Å². The summed E-state index contributed by atoms with van der Waals surface area (Å²) >= 11 is 0. The highest BCUT2D eigenvalue weighted by Crippen LogP contribution is 2.35. The zero-order valence-corrected chi connectivity index (χ0v) is 11.5. The molecule has 5 heteroatoms. The first kappa shape index (κ1) is 13.3. The summed E-state index contributed by atoms with van der Waals surface area (Å²) in [6, 6.07) is 14.1. The Morgan fingerprint density at radius 1 is 1.19 bits per heavy atom. The monoisotopic (exact) mass is 282 g/mol. The van der Waals surface area contributed by atoms with Crippen LogP contribution in [0, 0.1) is 10.1 Å². The molecule has 0 aromatic heterocycles. The van der Waals surface area contributed by atoms with Crippen molar-refractivity contribution in [3.05, 3.63) is 69.8 Å². The van der Waals surface area contributed by atoms with Gasteiger partial charge in [0, 0.05) is 23.3 Å². The molecule has 0 N–H and O–H groups in total. The Morgan fingerprint density at radius 3 is 2.57 bits per heavy atom. The van der Waals surface area contributed by atoms with E-state index in [-0.39, 0.29) is 11.8 Å². The van der Waals surface area contributed by atoms with Crippen molar-refractivity contribution in [1.82, 2.24) is 0 Å². The minimum Gasteiger partial charge on any atom is -0.469 e. The maximum absolute atomic E-state index is 10.7. The predicted molar refractivity (Wildman–Crippen MR) is 79.9 cm³/mol. The van der Waals surface area contributed by atoms with Crippen LogP contribution >= 0.6 is 0 Å². The number of nitro groups is 1. The van der Waals surface area contributed by atoms with Gasteiger partial charge in [0.05, 0.1) is 10.6 Å². The topological polar surface area (TPSA) is 64.7 Å². The molecule has 0 spiro atoms. The lowest BCUT2D eigenvalue weighted by Crippen LogP contribution is -2.16. The van der Waals surface area contributed by atoms with Gasteiger partial charge in [-0.05, 0) is 24.6 Å². The standard InChI is InChI=1S/C16H14N2O3/c1-2-15-13-5-3-4-6-14(13)17-16(21-15)11-7-9-12(10-8-11)18(19)20/h3-10,15H,2H2,1H3/t15-/m1/s1.